The van der Waals surface area contributed by atoms with Crippen molar-refractivity contribution in [3.05, 3.63) is 87.7 Å². The van der Waals surface area contributed by atoms with E-state index in [1.807, 2.05) is 54.6 Å². The van der Waals surface area contributed by atoms with Crippen LogP contribution in [0, 0.1) is 0 Å². The number of hydrogen-bond donors (Lipinski definition) is 4. The molecule has 1 aliphatic heterocycles. The van der Waals surface area contributed by atoms with Gasteiger partial charge in [0.2, 0.25) is 0 Å². The number of carbonyl (C=O) groups is 2. The molecule has 1 amide bonds. The second-order valence-electron chi connectivity index (χ2n) is 12.0. The third kappa shape index (κ3) is 10.3. The smallest absolute Gasteiger partial charge is 0.328 e. The fourth-order valence-corrected chi connectivity index (χ4v) is 6.38. The van der Waals surface area contributed by atoms with Crippen LogP contribution in [-0.4, -0.2) is 102 Å². The molecule has 1 aromatic heterocycles. The Morgan fingerprint density at radius 1 is 1.00 bits per heavy atom. The highest BCUT2D eigenvalue weighted by molar-refractivity contribution is 6.39. The van der Waals surface area contributed by atoms with Crippen molar-refractivity contribution in [1.82, 2.24) is 30.4 Å². The molecule has 1 saturated heterocycles. The zero-order valence-corrected chi connectivity index (χ0v) is 29.2. The average molecular weight is 712 g/mol. The van der Waals surface area contributed by atoms with Crippen molar-refractivity contribution in [1.29, 1.82) is 0 Å². The van der Waals surface area contributed by atoms with Gasteiger partial charge in [-0.25, -0.2) is 9.78 Å². The molecule has 0 unspecified atom stereocenters. The molecule has 0 bridgehead atoms. The van der Waals surface area contributed by atoms with Gasteiger partial charge in [-0.05, 0) is 56.6 Å². The summed E-state index contributed by atoms with van der Waals surface area (Å²) in [7, 11) is 0. The second kappa shape index (κ2) is 18.2. The monoisotopic (exact) mass is 710 g/mol. The first-order valence-electron chi connectivity index (χ1n) is 16.8. The Labute approximate surface area is 296 Å². The Morgan fingerprint density at radius 3 is 2.45 bits per heavy atom. The van der Waals surface area contributed by atoms with Crippen LogP contribution in [0.15, 0.2) is 60.7 Å². The molecule has 262 valence electrons. The molecular formula is C36H44Cl2N6O5. The van der Waals surface area contributed by atoms with Gasteiger partial charge in [-0.2, -0.15) is 0 Å². The molecule has 5 rings (SSSR count). The number of halogens is 2. The Morgan fingerprint density at radius 2 is 1.71 bits per heavy atom. The molecule has 49 heavy (non-hydrogen) atoms. The van der Waals surface area contributed by atoms with Crippen molar-refractivity contribution in [3.63, 3.8) is 0 Å². The van der Waals surface area contributed by atoms with Gasteiger partial charge in [-0.15, -0.1) is 0 Å². The molecule has 0 saturated carbocycles. The van der Waals surface area contributed by atoms with Gasteiger partial charge in [0.05, 0.1) is 34.8 Å². The number of aromatic amines is 1. The number of phenolic OH excluding ortho intramolecular Hbond substituents is 1. The topological polar surface area (TPSA) is 132 Å². The van der Waals surface area contributed by atoms with E-state index in [0.29, 0.717) is 13.2 Å². The summed E-state index contributed by atoms with van der Waals surface area (Å²) in [5, 5.41) is 16.9. The largest absolute Gasteiger partial charge is 0.505 e. The minimum atomic E-state index is -0.973. The number of unbranched alkanes of at least 4 members (excludes halogenated alkanes) is 1. The van der Waals surface area contributed by atoms with Gasteiger partial charge in [0, 0.05) is 39.1 Å². The van der Waals surface area contributed by atoms with E-state index in [1.165, 1.54) is 6.07 Å². The molecule has 1 fully saturated rings. The summed E-state index contributed by atoms with van der Waals surface area (Å²) in [6, 6.07) is 17.6. The number of aromatic hydroxyl groups is 1. The summed E-state index contributed by atoms with van der Waals surface area (Å²) in [6.45, 7) is 9.37. The van der Waals surface area contributed by atoms with Gasteiger partial charge in [-0.3, -0.25) is 9.69 Å². The maximum Gasteiger partial charge on any atom is 0.328 e. The fourth-order valence-electron chi connectivity index (χ4n) is 5.81. The average Bonchev–Trinajstić information content (AvgIpc) is 3.53. The van der Waals surface area contributed by atoms with Crippen molar-refractivity contribution < 1.29 is 24.2 Å². The lowest BCUT2D eigenvalue weighted by Gasteiger charge is -2.34. The molecule has 4 N–H and O–H groups in total. The SMILES string of the molecule is CCOC(=O)[C@H](Cc1ccccc1)NC(=O)c1cc(Cl)c(OCCN2CCN(CCCCNCc3nc4ccccc4[nH]3)CC2)c(Cl)c1O. The summed E-state index contributed by atoms with van der Waals surface area (Å²) in [6.07, 6.45) is 2.44. The number of piperazine rings is 1. The van der Waals surface area contributed by atoms with Crippen LogP contribution in [0.25, 0.3) is 11.0 Å². The third-order valence-electron chi connectivity index (χ3n) is 8.48. The van der Waals surface area contributed by atoms with E-state index in [4.69, 9.17) is 32.7 Å². The van der Waals surface area contributed by atoms with E-state index >= 15 is 0 Å². The number of rotatable bonds is 17. The summed E-state index contributed by atoms with van der Waals surface area (Å²) in [4.78, 5) is 38.6. The van der Waals surface area contributed by atoms with Crippen LogP contribution in [0.4, 0.5) is 0 Å². The van der Waals surface area contributed by atoms with Crippen molar-refractivity contribution in [2.75, 3.05) is 59.0 Å². The molecule has 11 nitrogen and oxygen atoms in total. The number of carbonyl (C=O) groups excluding carboxylic acids is 2. The Kier molecular flexibility index (Phi) is 13.5. The van der Waals surface area contributed by atoms with Crippen LogP contribution in [0.3, 0.4) is 0 Å². The number of imidazole rings is 1. The van der Waals surface area contributed by atoms with Crippen molar-refractivity contribution in [2.45, 2.75) is 38.8 Å². The van der Waals surface area contributed by atoms with Gasteiger partial charge in [0.25, 0.3) is 5.91 Å². The van der Waals surface area contributed by atoms with Crippen molar-refractivity contribution in [2.24, 2.45) is 0 Å². The first-order chi connectivity index (χ1) is 23.8. The van der Waals surface area contributed by atoms with Crippen molar-refractivity contribution >= 4 is 46.1 Å². The van der Waals surface area contributed by atoms with Crippen molar-refractivity contribution in [3.8, 4) is 11.5 Å². The van der Waals surface area contributed by atoms with E-state index in [-0.39, 0.29) is 34.4 Å². The van der Waals surface area contributed by atoms with Crippen LogP contribution in [0.1, 0.15) is 41.5 Å². The van der Waals surface area contributed by atoms with Gasteiger partial charge < -0.3 is 35.1 Å². The van der Waals surface area contributed by atoms with E-state index in [0.717, 1.165) is 81.1 Å². The molecule has 3 aromatic carbocycles. The van der Waals surface area contributed by atoms with Crippen LogP contribution in [-0.2, 0) is 22.5 Å². The van der Waals surface area contributed by atoms with E-state index in [2.05, 4.69) is 30.4 Å². The molecule has 1 aliphatic rings. The lowest BCUT2D eigenvalue weighted by molar-refractivity contribution is -0.145. The number of nitrogens with one attached hydrogen (secondary N) is 3. The van der Waals surface area contributed by atoms with E-state index in [9.17, 15) is 14.7 Å². The third-order valence-corrected chi connectivity index (χ3v) is 9.11. The summed E-state index contributed by atoms with van der Waals surface area (Å²) >= 11 is 12.9. The Hall–Kier alpha value is -3.87. The number of aromatic nitrogens is 2. The number of hydrogen-bond acceptors (Lipinski definition) is 9. The van der Waals surface area contributed by atoms with Gasteiger partial charge in [0.15, 0.2) is 11.5 Å². The first-order valence-corrected chi connectivity index (χ1v) is 17.5. The maximum absolute atomic E-state index is 13.2. The number of amides is 1. The molecule has 0 radical (unpaired) electrons. The molecular weight excluding hydrogens is 667 g/mol. The highest BCUT2D eigenvalue weighted by atomic mass is 35.5. The highest BCUT2D eigenvalue weighted by Gasteiger charge is 2.27. The number of ether oxygens (including phenoxy) is 2. The molecule has 2 heterocycles. The minimum Gasteiger partial charge on any atom is -0.505 e. The Balaban J connectivity index is 1.02. The minimum absolute atomic E-state index is 0.0839. The quantitative estimate of drug-likeness (QED) is 0.0879. The number of fused-ring (bicyclic) bond motifs is 1. The normalized spacial score (nSPS) is 14.5. The number of benzene rings is 3. The molecule has 0 aliphatic carbocycles. The van der Waals surface area contributed by atoms with Gasteiger partial charge in [0.1, 0.15) is 23.5 Å². The molecule has 4 aromatic rings. The second-order valence-corrected chi connectivity index (χ2v) is 12.8. The Bertz CT molecular complexity index is 1650. The van der Waals surface area contributed by atoms with E-state index < -0.39 is 23.7 Å². The van der Waals surface area contributed by atoms with Crippen LogP contribution >= 0.6 is 23.2 Å². The number of phenols is 1. The summed E-state index contributed by atoms with van der Waals surface area (Å²) < 4.78 is 11.1. The van der Waals surface area contributed by atoms with E-state index in [1.54, 1.807) is 6.92 Å². The molecule has 1 atom stereocenters. The lowest BCUT2D eigenvalue weighted by atomic mass is 10.1. The number of para-hydroxylation sites is 2. The summed E-state index contributed by atoms with van der Waals surface area (Å²) in [5.41, 5.74) is 2.73. The van der Waals surface area contributed by atoms with Crippen LogP contribution < -0.4 is 15.4 Å². The molecule has 13 heteroatoms. The standard InChI is InChI=1S/C36H44Cl2N6O5/c1-2-48-36(47)30(22-25-10-4-3-5-11-25)42-35(46)26-23-27(37)34(32(38)33(26)45)49-21-20-44-18-16-43(17-19-44)15-9-8-14-39-24-31-40-28-12-6-7-13-29(28)41-31/h3-7,10-13,23,30,39,45H,2,8-9,14-22,24H2,1H3,(H,40,41)(H,42,46)/t30-/m0/s1. The zero-order chi connectivity index (χ0) is 34.6. The van der Waals surface area contributed by atoms with Crippen LogP contribution in [0.2, 0.25) is 10.0 Å². The predicted octanol–water partition coefficient (Wildman–Crippen LogP) is 5.05. The maximum atomic E-state index is 13.2. The number of H-pyrrole nitrogens is 1. The van der Waals surface area contributed by atoms with Crippen LogP contribution in [0.5, 0.6) is 11.5 Å². The molecule has 0 spiro atoms. The van der Waals surface area contributed by atoms with Gasteiger partial charge >= 0.3 is 5.97 Å². The number of esters is 1. The van der Waals surface area contributed by atoms with Gasteiger partial charge in [-0.1, -0.05) is 65.7 Å². The number of nitrogens with zero attached hydrogens (tertiary/aromatic N) is 3. The fraction of sp³-hybridized carbons (Fsp3) is 0.417. The zero-order valence-electron chi connectivity index (χ0n) is 27.7. The lowest BCUT2D eigenvalue weighted by Crippen LogP contribution is -2.47. The highest BCUT2D eigenvalue weighted by Crippen LogP contribution is 2.42. The first kappa shape index (κ1) is 36.4. The predicted molar refractivity (Wildman–Crippen MR) is 192 cm³/mol. The summed E-state index contributed by atoms with van der Waals surface area (Å²) in [5.74, 6) is -0.697.